The van der Waals surface area contributed by atoms with Crippen molar-refractivity contribution in [2.45, 2.75) is 40.0 Å². The molecule has 12 heteroatoms. The van der Waals surface area contributed by atoms with Crippen LogP contribution >= 0.6 is 0 Å². The highest BCUT2D eigenvalue weighted by molar-refractivity contribution is 6.09. The van der Waals surface area contributed by atoms with E-state index in [0.717, 1.165) is 16.7 Å². The van der Waals surface area contributed by atoms with E-state index in [1.165, 1.54) is 0 Å². The fourth-order valence-electron chi connectivity index (χ4n) is 5.90. The van der Waals surface area contributed by atoms with Crippen LogP contribution in [0.2, 0.25) is 0 Å². The lowest BCUT2D eigenvalue weighted by atomic mass is 10.1. The maximum atomic E-state index is 12.3. The SMILES string of the molecule is Cc1ccc(C(=O)c2ccc(CC(=O)O)n2C)cc1.Cc1ccc(C(=O)c2ccc(CC(=O)O)n2C)cc1.Cc1ccc(C(=O)c2ccc(CC(=O)O)n2C)cc1. The lowest BCUT2D eigenvalue weighted by molar-refractivity contribution is -0.137. The minimum atomic E-state index is -0.907. The molecule has 3 aromatic carbocycles. The van der Waals surface area contributed by atoms with Gasteiger partial charge in [-0.25, -0.2) is 0 Å². The van der Waals surface area contributed by atoms with E-state index < -0.39 is 17.9 Å². The Hall–Kier alpha value is -7.08. The quantitative estimate of drug-likeness (QED) is 0.116. The fourth-order valence-corrected chi connectivity index (χ4v) is 5.90. The maximum absolute atomic E-state index is 12.3. The van der Waals surface area contributed by atoms with Crippen LogP contribution in [-0.4, -0.2) is 64.3 Å². The molecule has 0 atom stereocenters. The van der Waals surface area contributed by atoms with Gasteiger partial charge >= 0.3 is 17.9 Å². The second-order valence-corrected chi connectivity index (χ2v) is 13.6. The molecular weight excluding hydrogens is 727 g/mol. The standard InChI is InChI=1S/3C15H15NO3/c3*1-10-3-5-11(6-4-10)15(19)13-8-7-12(16(13)2)9-14(17)18/h3*3-8H,9H2,1-2H3,(H,17,18). The monoisotopic (exact) mass is 771 g/mol. The Bertz CT molecular complexity index is 2140. The zero-order valence-corrected chi connectivity index (χ0v) is 32.6. The number of nitrogens with zero attached hydrogens (tertiary/aromatic N) is 3. The number of aromatic nitrogens is 3. The molecule has 0 aliphatic rings. The van der Waals surface area contributed by atoms with Crippen molar-refractivity contribution in [3.8, 4) is 0 Å². The molecule has 0 bridgehead atoms. The molecule has 0 saturated carbocycles. The predicted octanol–water partition coefficient (Wildman–Crippen LogP) is 6.57. The molecule has 6 aromatic rings. The Morgan fingerprint density at radius 1 is 0.368 bits per heavy atom. The fraction of sp³-hybridized carbons (Fsp3) is 0.200. The van der Waals surface area contributed by atoms with Gasteiger partial charge in [-0.2, -0.15) is 0 Å². The Kier molecular flexibility index (Phi) is 14.2. The molecule has 12 nitrogen and oxygen atoms in total. The van der Waals surface area contributed by atoms with Gasteiger partial charge in [-0.05, 0) is 57.2 Å². The van der Waals surface area contributed by atoms with Crippen molar-refractivity contribution in [1.29, 1.82) is 0 Å². The van der Waals surface area contributed by atoms with Gasteiger partial charge in [0.15, 0.2) is 0 Å². The topological polar surface area (TPSA) is 178 Å². The van der Waals surface area contributed by atoms with Gasteiger partial charge in [0.05, 0.1) is 36.3 Å². The van der Waals surface area contributed by atoms with E-state index in [1.54, 1.807) is 108 Å². The van der Waals surface area contributed by atoms with Gasteiger partial charge in [0.25, 0.3) is 0 Å². The highest BCUT2D eigenvalue weighted by Gasteiger charge is 2.18. The van der Waals surface area contributed by atoms with Crippen LogP contribution in [0.15, 0.2) is 109 Å². The number of ketones is 3. The van der Waals surface area contributed by atoms with Gasteiger partial charge in [0.2, 0.25) is 17.3 Å². The van der Waals surface area contributed by atoms with Crippen molar-refractivity contribution >= 4 is 35.3 Å². The van der Waals surface area contributed by atoms with E-state index in [-0.39, 0.29) is 36.6 Å². The molecule has 0 aliphatic carbocycles. The number of aryl methyl sites for hydroxylation is 3. The molecule has 6 rings (SSSR count). The Morgan fingerprint density at radius 2 is 0.579 bits per heavy atom. The molecule has 3 aromatic heterocycles. The van der Waals surface area contributed by atoms with Crippen molar-refractivity contribution in [1.82, 2.24) is 13.7 Å². The van der Waals surface area contributed by atoms with Gasteiger partial charge in [-0.15, -0.1) is 0 Å². The zero-order valence-electron chi connectivity index (χ0n) is 32.6. The molecule has 0 spiro atoms. The second kappa shape index (κ2) is 19.0. The van der Waals surface area contributed by atoms with E-state index in [4.69, 9.17) is 15.3 Å². The molecular formula is C45H45N3O9. The van der Waals surface area contributed by atoms with Crippen LogP contribution in [0.5, 0.6) is 0 Å². The highest BCUT2D eigenvalue weighted by Crippen LogP contribution is 2.17. The molecule has 294 valence electrons. The maximum Gasteiger partial charge on any atom is 0.309 e. The van der Waals surface area contributed by atoms with Crippen LogP contribution in [0.3, 0.4) is 0 Å². The van der Waals surface area contributed by atoms with Crippen molar-refractivity contribution in [2.24, 2.45) is 21.1 Å². The van der Waals surface area contributed by atoms with Crippen molar-refractivity contribution in [3.05, 3.63) is 177 Å². The number of hydrogen-bond donors (Lipinski definition) is 3. The lowest BCUT2D eigenvalue weighted by Crippen LogP contribution is -2.11. The van der Waals surface area contributed by atoms with E-state index in [2.05, 4.69) is 0 Å². The molecule has 0 amide bonds. The van der Waals surface area contributed by atoms with Crippen LogP contribution in [0.25, 0.3) is 0 Å². The van der Waals surface area contributed by atoms with Crippen LogP contribution in [0.1, 0.15) is 81.9 Å². The summed E-state index contributed by atoms with van der Waals surface area (Å²) >= 11 is 0. The number of aliphatic carboxylic acids is 3. The number of carbonyl (C=O) groups is 6. The summed E-state index contributed by atoms with van der Waals surface area (Å²) < 4.78 is 4.91. The van der Waals surface area contributed by atoms with Crippen molar-refractivity contribution in [2.75, 3.05) is 0 Å². The van der Waals surface area contributed by atoms with Gasteiger partial charge in [-0.1, -0.05) is 89.5 Å². The zero-order chi connectivity index (χ0) is 42.0. The molecule has 0 unspecified atom stereocenters. The minimum Gasteiger partial charge on any atom is -0.481 e. The summed E-state index contributed by atoms with van der Waals surface area (Å²) in [7, 11) is 5.12. The average molecular weight is 772 g/mol. The molecule has 0 aliphatic heterocycles. The summed E-state index contributed by atoms with van der Waals surface area (Å²) in [5.41, 5.74) is 8.44. The van der Waals surface area contributed by atoms with E-state index in [9.17, 15) is 28.8 Å². The van der Waals surface area contributed by atoms with Gasteiger partial charge in [0.1, 0.15) is 0 Å². The van der Waals surface area contributed by atoms with E-state index >= 15 is 0 Å². The largest absolute Gasteiger partial charge is 0.481 e. The molecule has 3 heterocycles. The summed E-state index contributed by atoms with van der Waals surface area (Å²) in [4.78, 5) is 69.1. The van der Waals surface area contributed by atoms with Crippen molar-refractivity contribution < 1.29 is 44.1 Å². The number of carbonyl (C=O) groups excluding carboxylic acids is 3. The molecule has 0 saturated heterocycles. The first-order valence-corrected chi connectivity index (χ1v) is 17.9. The number of rotatable bonds is 12. The summed E-state index contributed by atoms with van der Waals surface area (Å²) in [6.07, 6.45) is -0.257. The summed E-state index contributed by atoms with van der Waals surface area (Å²) in [6, 6.07) is 32.0. The Morgan fingerprint density at radius 3 is 0.772 bits per heavy atom. The molecule has 3 N–H and O–H groups in total. The van der Waals surface area contributed by atoms with Gasteiger partial charge in [-0.3, -0.25) is 28.8 Å². The highest BCUT2D eigenvalue weighted by atomic mass is 16.4. The number of carboxylic acid groups (broad SMARTS) is 3. The first-order valence-electron chi connectivity index (χ1n) is 17.9. The average Bonchev–Trinajstić information content (AvgIpc) is 3.83. The van der Waals surface area contributed by atoms with Crippen LogP contribution in [0.4, 0.5) is 0 Å². The van der Waals surface area contributed by atoms with Crippen LogP contribution in [-0.2, 0) is 54.8 Å². The third-order valence-electron chi connectivity index (χ3n) is 9.31. The van der Waals surface area contributed by atoms with Crippen molar-refractivity contribution in [3.63, 3.8) is 0 Å². The summed E-state index contributed by atoms with van der Waals surface area (Å²) in [6.45, 7) is 5.88. The number of hydrogen-bond acceptors (Lipinski definition) is 6. The second-order valence-electron chi connectivity index (χ2n) is 13.6. The normalized spacial score (nSPS) is 10.4. The Labute approximate surface area is 330 Å². The minimum absolute atomic E-state index is 0.0856. The summed E-state index contributed by atoms with van der Waals surface area (Å²) in [5, 5.41) is 26.4. The third kappa shape index (κ3) is 11.2. The van der Waals surface area contributed by atoms with E-state index in [0.29, 0.717) is 50.9 Å². The third-order valence-corrected chi connectivity index (χ3v) is 9.31. The molecule has 0 radical (unpaired) electrons. The smallest absolute Gasteiger partial charge is 0.309 e. The van der Waals surface area contributed by atoms with E-state index in [1.807, 2.05) is 57.2 Å². The van der Waals surface area contributed by atoms with Crippen LogP contribution < -0.4 is 0 Å². The number of carboxylic acids is 3. The summed E-state index contributed by atoms with van der Waals surface area (Å²) in [5.74, 6) is -3.01. The molecule has 57 heavy (non-hydrogen) atoms. The Balaban J connectivity index is 0.000000189. The lowest BCUT2D eigenvalue weighted by Gasteiger charge is -2.06. The van der Waals surface area contributed by atoms with Crippen LogP contribution in [0, 0.1) is 20.8 Å². The van der Waals surface area contributed by atoms with Gasteiger partial charge < -0.3 is 29.0 Å². The number of benzene rings is 3. The first kappa shape index (κ1) is 42.7. The predicted molar refractivity (Wildman–Crippen MR) is 214 cm³/mol. The molecule has 0 fully saturated rings. The van der Waals surface area contributed by atoms with Gasteiger partial charge in [0, 0.05) is 54.9 Å². The first-order chi connectivity index (χ1) is 27.0.